The number of esters is 1. The van der Waals surface area contributed by atoms with Gasteiger partial charge in [-0.15, -0.1) is 0 Å². The van der Waals surface area contributed by atoms with Gasteiger partial charge >= 0.3 is 5.97 Å². The van der Waals surface area contributed by atoms with Gasteiger partial charge < -0.3 is 14.8 Å². The van der Waals surface area contributed by atoms with Crippen LogP contribution in [0.2, 0.25) is 0 Å². The minimum absolute atomic E-state index is 0.0847. The zero-order valence-corrected chi connectivity index (χ0v) is 10.9. The molecule has 0 bridgehead atoms. The standard InChI is InChI=1S/C15H19NO3/c17-15(19-10-12-6-3-4-8-18-12)14-9-11-5-1-2-7-13(11)16-14/h1-2,5,7,12,14,16H,3-4,6,8-10H2. The van der Waals surface area contributed by atoms with Gasteiger partial charge in [-0.2, -0.15) is 0 Å². The zero-order valence-electron chi connectivity index (χ0n) is 10.9. The average Bonchev–Trinajstić information content (AvgIpc) is 2.90. The fraction of sp³-hybridized carbons (Fsp3) is 0.533. The Morgan fingerprint density at radius 1 is 1.37 bits per heavy atom. The fourth-order valence-electron chi connectivity index (χ4n) is 2.65. The number of rotatable bonds is 3. The lowest BCUT2D eigenvalue weighted by Gasteiger charge is -2.22. The van der Waals surface area contributed by atoms with Gasteiger partial charge in [-0.3, -0.25) is 0 Å². The van der Waals surface area contributed by atoms with Crippen LogP contribution in [-0.2, 0) is 20.7 Å². The van der Waals surface area contributed by atoms with E-state index < -0.39 is 0 Å². The first-order valence-electron chi connectivity index (χ1n) is 6.95. The Labute approximate surface area is 113 Å². The molecule has 1 aromatic carbocycles. The third-order valence-corrected chi connectivity index (χ3v) is 3.74. The molecular formula is C15H19NO3. The number of carbonyl (C=O) groups excluding carboxylic acids is 1. The molecule has 2 aliphatic heterocycles. The predicted octanol–water partition coefficient (Wildman–Crippen LogP) is 2.14. The number of anilines is 1. The summed E-state index contributed by atoms with van der Waals surface area (Å²) < 4.78 is 10.9. The van der Waals surface area contributed by atoms with Gasteiger partial charge in [0.1, 0.15) is 12.6 Å². The summed E-state index contributed by atoms with van der Waals surface area (Å²) in [6.07, 6.45) is 4.06. The molecule has 3 rings (SSSR count). The van der Waals surface area contributed by atoms with Crippen LogP contribution in [0.5, 0.6) is 0 Å². The molecular weight excluding hydrogens is 242 g/mol. The van der Waals surface area contributed by atoms with Crippen LogP contribution in [0.25, 0.3) is 0 Å². The second-order valence-electron chi connectivity index (χ2n) is 5.18. The largest absolute Gasteiger partial charge is 0.461 e. The molecule has 1 aromatic rings. The number of nitrogens with one attached hydrogen (secondary N) is 1. The van der Waals surface area contributed by atoms with Crippen LogP contribution in [-0.4, -0.2) is 31.3 Å². The van der Waals surface area contributed by atoms with Crippen molar-refractivity contribution in [1.82, 2.24) is 0 Å². The molecule has 0 saturated carbocycles. The second kappa shape index (κ2) is 5.61. The molecule has 2 heterocycles. The van der Waals surface area contributed by atoms with Crippen LogP contribution in [0.1, 0.15) is 24.8 Å². The lowest BCUT2D eigenvalue weighted by atomic mass is 10.1. The molecule has 1 N–H and O–H groups in total. The molecule has 1 saturated heterocycles. The Balaban J connectivity index is 1.49. The van der Waals surface area contributed by atoms with E-state index in [2.05, 4.69) is 5.32 Å². The number of fused-ring (bicyclic) bond motifs is 1. The number of carbonyl (C=O) groups is 1. The first-order chi connectivity index (χ1) is 9.33. The minimum atomic E-state index is -0.249. The normalized spacial score (nSPS) is 25.5. The van der Waals surface area contributed by atoms with Gasteiger partial charge in [-0.1, -0.05) is 18.2 Å². The van der Waals surface area contributed by atoms with Crippen molar-refractivity contribution in [3.05, 3.63) is 29.8 Å². The van der Waals surface area contributed by atoms with Crippen molar-refractivity contribution in [3.63, 3.8) is 0 Å². The Morgan fingerprint density at radius 2 is 2.26 bits per heavy atom. The van der Waals surface area contributed by atoms with Crippen LogP contribution in [0.15, 0.2) is 24.3 Å². The van der Waals surface area contributed by atoms with Gasteiger partial charge in [-0.25, -0.2) is 4.79 Å². The molecule has 1 fully saturated rings. The molecule has 4 heteroatoms. The number of hydrogen-bond acceptors (Lipinski definition) is 4. The van der Waals surface area contributed by atoms with Gasteiger partial charge in [0, 0.05) is 18.7 Å². The topological polar surface area (TPSA) is 47.6 Å². The van der Waals surface area contributed by atoms with Crippen molar-refractivity contribution in [3.8, 4) is 0 Å². The Hall–Kier alpha value is -1.55. The maximum Gasteiger partial charge on any atom is 0.328 e. The summed E-state index contributed by atoms with van der Waals surface area (Å²) in [5.74, 6) is -0.176. The number of para-hydroxylation sites is 1. The highest BCUT2D eigenvalue weighted by Crippen LogP contribution is 2.25. The predicted molar refractivity (Wildman–Crippen MR) is 72.1 cm³/mol. The third-order valence-electron chi connectivity index (χ3n) is 3.74. The molecule has 19 heavy (non-hydrogen) atoms. The van der Waals surface area contributed by atoms with E-state index in [1.807, 2.05) is 24.3 Å². The van der Waals surface area contributed by atoms with E-state index in [9.17, 15) is 4.79 Å². The molecule has 0 radical (unpaired) electrons. The van der Waals surface area contributed by atoms with Crippen molar-refractivity contribution in [2.45, 2.75) is 37.8 Å². The summed E-state index contributed by atoms with van der Waals surface area (Å²) in [5.41, 5.74) is 2.22. The van der Waals surface area contributed by atoms with Crippen LogP contribution in [0.4, 0.5) is 5.69 Å². The van der Waals surface area contributed by atoms with Crippen LogP contribution < -0.4 is 5.32 Å². The number of benzene rings is 1. The average molecular weight is 261 g/mol. The molecule has 2 atom stereocenters. The van der Waals surface area contributed by atoms with Gasteiger partial charge in [0.2, 0.25) is 0 Å². The summed E-state index contributed by atoms with van der Waals surface area (Å²) in [7, 11) is 0. The Bertz CT molecular complexity index is 429. The quantitative estimate of drug-likeness (QED) is 0.847. The molecule has 0 aliphatic carbocycles. The van der Waals surface area contributed by atoms with E-state index >= 15 is 0 Å². The van der Waals surface area contributed by atoms with Gasteiger partial charge in [0.05, 0.1) is 6.10 Å². The van der Waals surface area contributed by atoms with Gasteiger partial charge in [0.25, 0.3) is 0 Å². The second-order valence-corrected chi connectivity index (χ2v) is 5.18. The lowest BCUT2D eigenvalue weighted by molar-refractivity contribution is -0.149. The summed E-state index contributed by atoms with van der Waals surface area (Å²) in [6, 6.07) is 7.74. The van der Waals surface area contributed by atoms with E-state index in [0.29, 0.717) is 13.0 Å². The smallest absolute Gasteiger partial charge is 0.328 e. The summed E-state index contributed by atoms with van der Waals surface area (Å²) >= 11 is 0. The molecule has 0 amide bonds. The molecule has 4 nitrogen and oxygen atoms in total. The lowest BCUT2D eigenvalue weighted by Crippen LogP contribution is -2.33. The van der Waals surface area contributed by atoms with Crippen LogP contribution in [0.3, 0.4) is 0 Å². The van der Waals surface area contributed by atoms with Gasteiger partial charge in [0.15, 0.2) is 0 Å². The van der Waals surface area contributed by atoms with Crippen LogP contribution in [0, 0.1) is 0 Å². The van der Waals surface area contributed by atoms with E-state index in [0.717, 1.165) is 31.6 Å². The number of hydrogen-bond donors (Lipinski definition) is 1. The van der Waals surface area contributed by atoms with Crippen molar-refractivity contribution in [2.24, 2.45) is 0 Å². The maximum absolute atomic E-state index is 12.0. The highest BCUT2D eigenvalue weighted by atomic mass is 16.6. The van der Waals surface area contributed by atoms with E-state index in [1.165, 1.54) is 5.56 Å². The fourth-order valence-corrected chi connectivity index (χ4v) is 2.65. The zero-order chi connectivity index (χ0) is 13.1. The van der Waals surface area contributed by atoms with E-state index in [-0.39, 0.29) is 18.1 Å². The SMILES string of the molecule is O=C(OCC1CCCCO1)C1Cc2ccccc2N1. The van der Waals surface area contributed by atoms with Gasteiger partial charge in [-0.05, 0) is 30.9 Å². The highest BCUT2D eigenvalue weighted by molar-refractivity contribution is 5.82. The number of ether oxygens (including phenoxy) is 2. The summed E-state index contributed by atoms with van der Waals surface area (Å²) in [4.78, 5) is 12.0. The molecule has 2 unspecified atom stereocenters. The van der Waals surface area contributed by atoms with E-state index in [1.54, 1.807) is 0 Å². The monoisotopic (exact) mass is 261 g/mol. The summed E-state index contributed by atoms with van der Waals surface area (Å²) in [5, 5.41) is 3.21. The van der Waals surface area contributed by atoms with Crippen molar-refractivity contribution in [1.29, 1.82) is 0 Å². The van der Waals surface area contributed by atoms with Crippen molar-refractivity contribution < 1.29 is 14.3 Å². The van der Waals surface area contributed by atoms with Crippen molar-refractivity contribution in [2.75, 3.05) is 18.5 Å². The Morgan fingerprint density at radius 3 is 3.05 bits per heavy atom. The molecule has 102 valence electrons. The minimum Gasteiger partial charge on any atom is -0.461 e. The highest BCUT2D eigenvalue weighted by Gasteiger charge is 2.28. The van der Waals surface area contributed by atoms with Crippen molar-refractivity contribution >= 4 is 11.7 Å². The van der Waals surface area contributed by atoms with E-state index in [4.69, 9.17) is 9.47 Å². The Kier molecular flexibility index (Phi) is 3.69. The molecule has 0 spiro atoms. The molecule has 0 aromatic heterocycles. The first-order valence-corrected chi connectivity index (χ1v) is 6.95. The van der Waals surface area contributed by atoms with Crippen LogP contribution >= 0.6 is 0 Å². The third kappa shape index (κ3) is 2.89. The first kappa shape index (κ1) is 12.5. The summed E-state index contributed by atoms with van der Waals surface area (Å²) in [6.45, 7) is 1.17. The maximum atomic E-state index is 12.0. The molecule has 2 aliphatic rings.